The summed E-state index contributed by atoms with van der Waals surface area (Å²) >= 11 is 7.98. The molecule has 0 aromatic heterocycles. The number of amides is 1. The third-order valence-corrected chi connectivity index (χ3v) is 2.94. The van der Waals surface area contributed by atoms with Crippen molar-refractivity contribution in [3.8, 4) is 0 Å². The number of carbonyl (C=O) groups excluding carboxylic acids is 1. The van der Waals surface area contributed by atoms with Crippen molar-refractivity contribution >= 4 is 51.8 Å². The first-order chi connectivity index (χ1) is 7.41. The zero-order chi connectivity index (χ0) is 12.3. The lowest BCUT2D eigenvalue weighted by Gasteiger charge is -2.09. The van der Waals surface area contributed by atoms with E-state index in [1.807, 2.05) is 0 Å². The molecule has 86 valence electrons. The van der Waals surface area contributed by atoms with Crippen molar-refractivity contribution in [3.63, 3.8) is 0 Å². The quantitative estimate of drug-likeness (QED) is 0.648. The van der Waals surface area contributed by atoms with Crippen molar-refractivity contribution in [2.24, 2.45) is 5.92 Å². The van der Waals surface area contributed by atoms with Gasteiger partial charge in [-0.05, 0) is 47.7 Å². The molecule has 1 unspecified atom stereocenters. The Morgan fingerprint density at radius 2 is 2.12 bits per heavy atom. The van der Waals surface area contributed by atoms with Crippen LogP contribution in [-0.2, 0) is 9.59 Å². The van der Waals surface area contributed by atoms with E-state index in [1.54, 1.807) is 18.2 Å². The molecular weight excluding hydrogens is 344 g/mol. The number of aliphatic carboxylic acids is 1. The van der Waals surface area contributed by atoms with Gasteiger partial charge in [-0.25, -0.2) is 0 Å². The highest BCUT2D eigenvalue weighted by Crippen LogP contribution is 2.24. The molecule has 1 rings (SSSR count). The van der Waals surface area contributed by atoms with E-state index < -0.39 is 17.8 Å². The molecule has 16 heavy (non-hydrogen) atoms. The molecule has 0 heterocycles. The number of hydrogen-bond donors (Lipinski definition) is 2. The molecule has 1 aromatic carbocycles. The first-order valence-electron chi connectivity index (χ1n) is 4.40. The molecule has 0 bridgehead atoms. The van der Waals surface area contributed by atoms with Crippen LogP contribution < -0.4 is 5.32 Å². The maximum Gasteiger partial charge on any atom is 0.315 e. The summed E-state index contributed by atoms with van der Waals surface area (Å²) in [7, 11) is 0. The first-order valence-corrected chi connectivity index (χ1v) is 5.86. The molecule has 0 spiro atoms. The number of carbonyl (C=O) groups is 2. The Balaban J connectivity index is 2.81. The molecule has 4 nitrogen and oxygen atoms in total. The van der Waals surface area contributed by atoms with Crippen molar-refractivity contribution in [2.75, 3.05) is 5.32 Å². The summed E-state index contributed by atoms with van der Waals surface area (Å²) in [6, 6.07) is 5.09. The van der Waals surface area contributed by atoms with E-state index in [0.29, 0.717) is 10.7 Å². The van der Waals surface area contributed by atoms with Crippen LogP contribution in [0.1, 0.15) is 6.92 Å². The Bertz CT molecular complexity index is 436. The van der Waals surface area contributed by atoms with Gasteiger partial charge >= 0.3 is 5.97 Å². The highest BCUT2D eigenvalue weighted by molar-refractivity contribution is 14.1. The minimum atomic E-state index is -1.17. The molecule has 0 radical (unpaired) electrons. The number of rotatable bonds is 3. The van der Waals surface area contributed by atoms with E-state index in [2.05, 4.69) is 27.9 Å². The monoisotopic (exact) mass is 353 g/mol. The fraction of sp³-hybridized carbons (Fsp3) is 0.200. The van der Waals surface area contributed by atoms with E-state index in [-0.39, 0.29) is 0 Å². The standard InChI is InChI=1S/C10H9ClINO3/c1-5(10(15)16)9(14)13-8-3-2-6(12)4-7(8)11/h2-5H,1H3,(H,13,14)(H,15,16). The Morgan fingerprint density at radius 3 is 2.62 bits per heavy atom. The van der Waals surface area contributed by atoms with Crippen LogP contribution in [0.2, 0.25) is 5.02 Å². The van der Waals surface area contributed by atoms with Gasteiger partial charge in [0.1, 0.15) is 5.92 Å². The summed E-state index contributed by atoms with van der Waals surface area (Å²) in [6.07, 6.45) is 0. The van der Waals surface area contributed by atoms with E-state index in [0.717, 1.165) is 3.57 Å². The predicted molar refractivity (Wildman–Crippen MR) is 69.6 cm³/mol. The molecule has 0 aliphatic heterocycles. The number of carboxylic acid groups (broad SMARTS) is 1. The number of nitrogens with one attached hydrogen (secondary N) is 1. The summed E-state index contributed by atoms with van der Waals surface area (Å²) in [5, 5.41) is 11.5. The highest BCUT2D eigenvalue weighted by Gasteiger charge is 2.20. The number of anilines is 1. The van der Waals surface area contributed by atoms with Gasteiger partial charge in [-0.1, -0.05) is 11.6 Å². The summed E-state index contributed by atoms with van der Waals surface area (Å²) in [5.74, 6) is -2.86. The average Bonchev–Trinajstić information content (AvgIpc) is 2.20. The largest absolute Gasteiger partial charge is 0.481 e. The van der Waals surface area contributed by atoms with E-state index >= 15 is 0 Å². The van der Waals surface area contributed by atoms with Crippen LogP contribution in [0.3, 0.4) is 0 Å². The van der Waals surface area contributed by atoms with Gasteiger partial charge in [0.15, 0.2) is 0 Å². The Kier molecular flexibility index (Phi) is 4.55. The Labute approximate surface area is 111 Å². The predicted octanol–water partition coefficient (Wildman–Crippen LogP) is 2.60. The third-order valence-electron chi connectivity index (χ3n) is 1.95. The van der Waals surface area contributed by atoms with Crippen molar-refractivity contribution in [1.82, 2.24) is 0 Å². The van der Waals surface area contributed by atoms with Crippen LogP contribution in [0.4, 0.5) is 5.69 Å². The van der Waals surface area contributed by atoms with Crippen molar-refractivity contribution in [3.05, 3.63) is 26.8 Å². The maximum atomic E-state index is 11.4. The smallest absolute Gasteiger partial charge is 0.315 e. The van der Waals surface area contributed by atoms with Gasteiger partial charge in [-0.3, -0.25) is 9.59 Å². The van der Waals surface area contributed by atoms with E-state index in [9.17, 15) is 9.59 Å². The molecule has 0 saturated heterocycles. The zero-order valence-corrected chi connectivity index (χ0v) is 11.2. The number of benzene rings is 1. The number of halogens is 2. The van der Waals surface area contributed by atoms with E-state index in [4.69, 9.17) is 16.7 Å². The van der Waals surface area contributed by atoms with Crippen LogP contribution in [0.25, 0.3) is 0 Å². The Hall–Kier alpha value is -0.820. The summed E-state index contributed by atoms with van der Waals surface area (Å²) in [4.78, 5) is 22.0. The van der Waals surface area contributed by atoms with Crippen LogP contribution in [0.15, 0.2) is 18.2 Å². The molecule has 1 aromatic rings. The average molecular weight is 354 g/mol. The second kappa shape index (κ2) is 5.49. The van der Waals surface area contributed by atoms with Crippen molar-refractivity contribution in [1.29, 1.82) is 0 Å². The highest BCUT2D eigenvalue weighted by atomic mass is 127. The number of hydrogen-bond acceptors (Lipinski definition) is 2. The van der Waals surface area contributed by atoms with Gasteiger partial charge in [-0.2, -0.15) is 0 Å². The first kappa shape index (κ1) is 13.2. The minimum Gasteiger partial charge on any atom is -0.481 e. The topological polar surface area (TPSA) is 66.4 Å². The lowest BCUT2D eigenvalue weighted by Crippen LogP contribution is -2.26. The molecule has 0 aliphatic rings. The maximum absolute atomic E-state index is 11.4. The van der Waals surface area contributed by atoms with Gasteiger partial charge in [0.25, 0.3) is 0 Å². The van der Waals surface area contributed by atoms with Crippen molar-refractivity contribution < 1.29 is 14.7 Å². The van der Waals surface area contributed by atoms with Crippen LogP contribution in [-0.4, -0.2) is 17.0 Å². The van der Waals surface area contributed by atoms with Gasteiger partial charge in [0.2, 0.25) is 5.91 Å². The minimum absolute atomic E-state index is 0.387. The second-order valence-electron chi connectivity index (χ2n) is 3.17. The lowest BCUT2D eigenvalue weighted by molar-refractivity contribution is -0.144. The summed E-state index contributed by atoms with van der Waals surface area (Å²) in [6.45, 7) is 1.32. The normalized spacial score (nSPS) is 11.9. The van der Waals surface area contributed by atoms with Crippen LogP contribution >= 0.6 is 34.2 Å². The van der Waals surface area contributed by atoms with Crippen LogP contribution in [0.5, 0.6) is 0 Å². The molecule has 0 saturated carbocycles. The van der Waals surface area contributed by atoms with Gasteiger partial charge < -0.3 is 10.4 Å². The molecular formula is C10H9ClINO3. The zero-order valence-electron chi connectivity index (χ0n) is 8.33. The van der Waals surface area contributed by atoms with Crippen molar-refractivity contribution in [2.45, 2.75) is 6.92 Å². The molecule has 0 aliphatic carbocycles. The van der Waals surface area contributed by atoms with Gasteiger partial charge in [0, 0.05) is 3.57 Å². The molecule has 1 amide bonds. The summed E-state index contributed by atoms with van der Waals surface area (Å²) in [5.41, 5.74) is 0.417. The number of carboxylic acids is 1. The lowest BCUT2D eigenvalue weighted by atomic mass is 10.1. The van der Waals surface area contributed by atoms with Crippen LogP contribution in [0, 0.1) is 9.49 Å². The third kappa shape index (κ3) is 3.34. The molecule has 6 heteroatoms. The summed E-state index contributed by atoms with van der Waals surface area (Å²) < 4.78 is 0.937. The fourth-order valence-corrected chi connectivity index (χ4v) is 1.85. The van der Waals surface area contributed by atoms with E-state index in [1.165, 1.54) is 6.92 Å². The Morgan fingerprint density at radius 1 is 1.50 bits per heavy atom. The molecule has 1 atom stereocenters. The molecule has 0 fully saturated rings. The molecule has 2 N–H and O–H groups in total. The fourth-order valence-electron chi connectivity index (χ4n) is 0.944. The second-order valence-corrected chi connectivity index (χ2v) is 4.83. The van der Waals surface area contributed by atoms with Gasteiger partial charge in [0.05, 0.1) is 10.7 Å². The SMILES string of the molecule is CC(C(=O)O)C(=O)Nc1ccc(I)cc1Cl. The van der Waals surface area contributed by atoms with Gasteiger partial charge in [-0.15, -0.1) is 0 Å².